The standard InChI is InChI=1S/C16H24N4O5/c1-10-6-5-7-11(2)19(10)14(21)9-25-15(22)8-18-13(4)16(20(23)24)12(3)17-18/h10-11H,5-9H2,1-4H3/t10-,11+. The Balaban J connectivity index is 1.94. The van der Waals surface area contributed by atoms with E-state index in [1.54, 1.807) is 4.90 Å². The van der Waals surface area contributed by atoms with Gasteiger partial charge in [-0.1, -0.05) is 0 Å². The van der Waals surface area contributed by atoms with Gasteiger partial charge in [0.15, 0.2) is 6.61 Å². The van der Waals surface area contributed by atoms with Crippen molar-refractivity contribution in [1.82, 2.24) is 14.7 Å². The number of nitro groups is 1. The SMILES string of the molecule is Cc1nn(CC(=O)OCC(=O)N2[C@H](C)CCC[C@@H]2C)c(C)c1[N+](=O)[O-]. The summed E-state index contributed by atoms with van der Waals surface area (Å²) >= 11 is 0. The van der Waals surface area contributed by atoms with E-state index in [1.807, 2.05) is 13.8 Å². The number of aromatic nitrogens is 2. The summed E-state index contributed by atoms with van der Waals surface area (Å²) in [7, 11) is 0. The molecule has 0 aliphatic carbocycles. The third-order valence-electron chi connectivity index (χ3n) is 4.64. The van der Waals surface area contributed by atoms with Gasteiger partial charge in [0, 0.05) is 12.1 Å². The van der Waals surface area contributed by atoms with Crippen LogP contribution in [-0.4, -0.2) is 50.2 Å². The monoisotopic (exact) mass is 352 g/mol. The van der Waals surface area contributed by atoms with E-state index in [0.717, 1.165) is 19.3 Å². The van der Waals surface area contributed by atoms with Crippen LogP contribution in [0.1, 0.15) is 44.5 Å². The highest BCUT2D eigenvalue weighted by atomic mass is 16.6. The van der Waals surface area contributed by atoms with Crippen LogP contribution < -0.4 is 0 Å². The molecule has 138 valence electrons. The second kappa shape index (κ2) is 7.62. The van der Waals surface area contributed by atoms with Gasteiger partial charge >= 0.3 is 11.7 Å². The number of nitrogens with zero attached hydrogens (tertiary/aromatic N) is 4. The van der Waals surface area contributed by atoms with Crippen LogP contribution >= 0.6 is 0 Å². The summed E-state index contributed by atoms with van der Waals surface area (Å²) < 4.78 is 6.29. The first-order chi connectivity index (χ1) is 11.7. The molecule has 9 heteroatoms. The molecular weight excluding hydrogens is 328 g/mol. The summed E-state index contributed by atoms with van der Waals surface area (Å²) in [5.41, 5.74) is 0.409. The number of carbonyl (C=O) groups excluding carboxylic acids is 2. The quantitative estimate of drug-likeness (QED) is 0.454. The third-order valence-corrected chi connectivity index (χ3v) is 4.64. The van der Waals surface area contributed by atoms with Crippen molar-refractivity contribution in [3.8, 4) is 0 Å². The Labute approximate surface area is 146 Å². The molecule has 1 saturated heterocycles. The zero-order valence-corrected chi connectivity index (χ0v) is 15.0. The Morgan fingerprint density at radius 3 is 2.40 bits per heavy atom. The van der Waals surface area contributed by atoms with Crippen LogP contribution in [0.4, 0.5) is 5.69 Å². The predicted molar refractivity (Wildman–Crippen MR) is 88.9 cm³/mol. The van der Waals surface area contributed by atoms with Gasteiger partial charge in [-0.25, -0.2) is 0 Å². The zero-order chi connectivity index (χ0) is 18.7. The molecule has 2 atom stereocenters. The number of esters is 1. The Morgan fingerprint density at radius 1 is 1.28 bits per heavy atom. The molecule has 0 N–H and O–H groups in total. The van der Waals surface area contributed by atoms with Crippen molar-refractivity contribution < 1.29 is 19.2 Å². The van der Waals surface area contributed by atoms with Gasteiger partial charge in [-0.15, -0.1) is 0 Å². The number of piperidine rings is 1. The number of ether oxygens (including phenoxy) is 1. The van der Waals surface area contributed by atoms with Crippen molar-refractivity contribution in [1.29, 1.82) is 0 Å². The smallest absolute Gasteiger partial charge is 0.328 e. The lowest BCUT2D eigenvalue weighted by molar-refractivity contribution is -0.386. The molecule has 1 aliphatic rings. The Bertz CT molecular complexity index is 674. The van der Waals surface area contributed by atoms with Gasteiger partial charge in [-0.05, 0) is 47.0 Å². The molecule has 0 saturated carbocycles. The van der Waals surface area contributed by atoms with Gasteiger partial charge in [-0.2, -0.15) is 5.10 Å². The van der Waals surface area contributed by atoms with E-state index in [-0.39, 0.29) is 48.2 Å². The molecule has 0 radical (unpaired) electrons. The molecule has 2 heterocycles. The number of likely N-dealkylation sites (tertiary alicyclic amines) is 1. The Hall–Kier alpha value is -2.45. The summed E-state index contributed by atoms with van der Waals surface area (Å²) in [6.07, 6.45) is 2.97. The minimum atomic E-state index is -0.647. The maximum atomic E-state index is 12.3. The second-order valence-corrected chi connectivity index (χ2v) is 6.52. The summed E-state index contributed by atoms with van der Waals surface area (Å²) in [5, 5.41) is 15.0. The van der Waals surface area contributed by atoms with Crippen molar-refractivity contribution in [3.05, 3.63) is 21.5 Å². The first-order valence-corrected chi connectivity index (χ1v) is 8.37. The van der Waals surface area contributed by atoms with Crippen LogP contribution in [-0.2, 0) is 20.9 Å². The highest BCUT2D eigenvalue weighted by Crippen LogP contribution is 2.23. The first kappa shape index (κ1) is 18.9. The number of hydrogen-bond acceptors (Lipinski definition) is 6. The molecule has 0 spiro atoms. The summed E-state index contributed by atoms with van der Waals surface area (Å²) in [5.74, 6) is -0.862. The lowest BCUT2D eigenvalue weighted by atomic mass is 9.97. The topological polar surface area (TPSA) is 108 Å². The number of amides is 1. The lowest BCUT2D eigenvalue weighted by Gasteiger charge is -2.38. The van der Waals surface area contributed by atoms with Gasteiger partial charge in [0.25, 0.3) is 5.91 Å². The average Bonchev–Trinajstić information content (AvgIpc) is 2.79. The minimum absolute atomic E-state index is 0.111. The molecular formula is C16H24N4O5. The third kappa shape index (κ3) is 4.15. The molecule has 0 unspecified atom stereocenters. The number of hydrogen-bond donors (Lipinski definition) is 0. The molecule has 1 amide bonds. The van der Waals surface area contributed by atoms with Crippen LogP contribution in [0.15, 0.2) is 0 Å². The maximum Gasteiger partial charge on any atom is 0.328 e. The normalized spacial score (nSPS) is 20.4. The molecule has 1 aromatic rings. The van der Waals surface area contributed by atoms with Crippen molar-refractivity contribution in [2.24, 2.45) is 0 Å². The van der Waals surface area contributed by atoms with E-state index in [0.29, 0.717) is 0 Å². The Kier molecular flexibility index (Phi) is 5.76. The van der Waals surface area contributed by atoms with Gasteiger partial charge in [0.2, 0.25) is 0 Å². The summed E-state index contributed by atoms with van der Waals surface area (Å²) in [4.78, 5) is 36.5. The van der Waals surface area contributed by atoms with Gasteiger partial charge in [0.1, 0.15) is 17.9 Å². The van der Waals surface area contributed by atoms with Crippen molar-refractivity contribution in [2.75, 3.05) is 6.61 Å². The number of carbonyl (C=O) groups is 2. The van der Waals surface area contributed by atoms with Crippen LogP contribution in [0.25, 0.3) is 0 Å². The molecule has 1 aromatic heterocycles. The van der Waals surface area contributed by atoms with Crippen LogP contribution in [0.2, 0.25) is 0 Å². The number of aryl methyl sites for hydroxylation is 1. The average molecular weight is 352 g/mol. The van der Waals surface area contributed by atoms with Crippen LogP contribution in [0, 0.1) is 24.0 Å². The summed E-state index contributed by atoms with van der Waals surface area (Å²) in [6, 6.07) is 0.266. The highest BCUT2D eigenvalue weighted by molar-refractivity contribution is 5.81. The van der Waals surface area contributed by atoms with Crippen molar-refractivity contribution >= 4 is 17.6 Å². The van der Waals surface area contributed by atoms with E-state index >= 15 is 0 Å². The van der Waals surface area contributed by atoms with Gasteiger partial charge < -0.3 is 9.64 Å². The molecule has 1 aliphatic heterocycles. The lowest BCUT2D eigenvalue weighted by Crippen LogP contribution is -2.49. The summed E-state index contributed by atoms with van der Waals surface area (Å²) in [6.45, 7) is 6.42. The highest BCUT2D eigenvalue weighted by Gasteiger charge is 2.29. The predicted octanol–water partition coefficient (Wildman–Crippen LogP) is 1.74. The van der Waals surface area contributed by atoms with Crippen LogP contribution in [0.5, 0.6) is 0 Å². The fourth-order valence-electron chi connectivity index (χ4n) is 3.40. The molecule has 1 fully saturated rings. The Morgan fingerprint density at radius 2 is 1.88 bits per heavy atom. The first-order valence-electron chi connectivity index (χ1n) is 8.37. The van der Waals surface area contributed by atoms with Gasteiger partial charge in [0.05, 0.1) is 4.92 Å². The van der Waals surface area contributed by atoms with E-state index in [1.165, 1.54) is 18.5 Å². The van der Waals surface area contributed by atoms with Crippen LogP contribution in [0.3, 0.4) is 0 Å². The van der Waals surface area contributed by atoms with E-state index < -0.39 is 10.9 Å². The molecule has 9 nitrogen and oxygen atoms in total. The zero-order valence-electron chi connectivity index (χ0n) is 15.0. The van der Waals surface area contributed by atoms with E-state index in [9.17, 15) is 19.7 Å². The fraction of sp³-hybridized carbons (Fsp3) is 0.688. The van der Waals surface area contributed by atoms with Gasteiger partial charge in [-0.3, -0.25) is 24.4 Å². The molecule has 0 aromatic carbocycles. The maximum absolute atomic E-state index is 12.3. The molecule has 25 heavy (non-hydrogen) atoms. The van der Waals surface area contributed by atoms with E-state index in [2.05, 4.69) is 5.10 Å². The second-order valence-electron chi connectivity index (χ2n) is 6.52. The fourth-order valence-corrected chi connectivity index (χ4v) is 3.40. The molecule has 0 bridgehead atoms. The molecule has 2 rings (SSSR count). The van der Waals surface area contributed by atoms with Crippen molar-refractivity contribution in [3.63, 3.8) is 0 Å². The van der Waals surface area contributed by atoms with E-state index in [4.69, 9.17) is 4.74 Å². The minimum Gasteiger partial charge on any atom is -0.454 e. The van der Waals surface area contributed by atoms with Crippen molar-refractivity contribution in [2.45, 2.75) is 65.6 Å². The number of rotatable bonds is 5. The largest absolute Gasteiger partial charge is 0.454 e.